The normalized spacial score (nSPS) is 16.0. The Morgan fingerprint density at radius 2 is 2.17 bits per heavy atom. The highest BCUT2D eigenvalue weighted by Crippen LogP contribution is 2.19. The van der Waals surface area contributed by atoms with Crippen LogP contribution >= 0.6 is 11.6 Å². The van der Waals surface area contributed by atoms with Gasteiger partial charge in [0.05, 0.1) is 0 Å². The first kappa shape index (κ1) is 9.48. The van der Waals surface area contributed by atoms with Gasteiger partial charge in [-0.05, 0) is 13.8 Å². The topological polar surface area (TPSA) is 48.2 Å². The summed E-state index contributed by atoms with van der Waals surface area (Å²) < 4.78 is 9.88. The first-order chi connectivity index (χ1) is 5.65. The van der Waals surface area contributed by atoms with E-state index in [-0.39, 0.29) is 11.5 Å². The number of hydrogen-bond acceptors (Lipinski definition) is 4. The molecule has 0 saturated heterocycles. The van der Waals surface area contributed by atoms with E-state index >= 15 is 0 Å². The molecule has 0 bridgehead atoms. The van der Waals surface area contributed by atoms with Crippen LogP contribution in [0.25, 0.3) is 0 Å². The van der Waals surface area contributed by atoms with Gasteiger partial charge in [0.2, 0.25) is 5.89 Å². The van der Waals surface area contributed by atoms with Crippen LogP contribution in [0, 0.1) is 0 Å². The molecule has 0 fully saturated rings. The molecular weight excluding hydrogens is 180 g/mol. The number of methoxy groups -OCH3 is 1. The molecule has 5 heteroatoms. The van der Waals surface area contributed by atoms with Crippen LogP contribution in [0.2, 0.25) is 0 Å². The Bertz CT molecular complexity index is 249. The largest absolute Gasteiger partial charge is 0.374 e. The van der Waals surface area contributed by atoms with Gasteiger partial charge >= 0.3 is 0 Å². The second kappa shape index (κ2) is 3.87. The van der Waals surface area contributed by atoms with Crippen molar-refractivity contribution in [1.82, 2.24) is 10.1 Å². The second-order valence-corrected chi connectivity index (χ2v) is 3.14. The highest BCUT2D eigenvalue weighted by molar-refractivity contribution is 6.20. The van der Waals surface area contributed by atoms with Crippen LogP contribution in [0.5, 0.6) is 0 Å². The summed E-state index contributed by atoms with van der Waals surface area (Å²) in [6.45, 7) is 3.61. The van der Waals surface area contributed by atoms with Crippen LogP contribution in [0.4, 0.5) is 0 Å². The molecule has 0 radical (unpaired) electrons. The fraction of sp³-hybridized carbons (Fsp3) is 0.714. The summed E-state index contributed by atoms with van der Waals surface area (Å²) in [5, 5.41) is 3.46. The average molecular weight is 191 g/mol. The van der Waals surface area contributed by atoms with Gasteiger partial charge in [-0.25, -0.2) is 0 Å². The predicted octanol–water partition coefficient (Wildman–Crippen LogP) is 2.08. The maximum atomic E-state index is 5.73. The third-order valence-corrected chi connectivity index (χ3v) is 1.70. The van der Waals surface area contributed by atoms with Crippen LogP contribution in [-0.4, -0.2) is 17.3 Å². The van der Waals surface area contributed by atoms with E-state index in [1.54, 1.807) is 14.0 Å². The standard InChI is InChI=1S/C7H11ClN2O2/c1-4(8)7-9-6(10-12-7)5(2)11-3/h4-5H,1-3H3/t4-,5-/m0/s1. The smallest absolute Gasteiger partial charge is 0.244 e. The molecule has 0 aliphatic heterocycles. The third-order valence-electron chi connectivity index (χ3n) is 1.51. The molecule has 0 aliphatic carbocycles. The lowest BCUT2D eigenvalue weighted by molar-refractivity contribution is 0.109. The Hall–Kier alpha value is -0.610. The molecule has 1 aromatic rings. The van der Waals surface area contributed by atoms with E-state index in [0.29, 0.717) is 11.7 Å². The number of nitrogens with zero attached hydrogens (tertiary/aromatic N) is 2. The van der Waals surface area contributed by atoms with Gasteiger partial charge in [0.1, 0.15) is 11.5 Å². The van der Waals surface area contributed by atoms with Crippen LogP contribution in [0.15, 0.2) is 4.52 Å². The minimum absolute atomic E-state index is 0.155. The fourth-order valence-corrected chi connectivity index (χ4v) is 0.768. The summed E-state index contributed by atoms with van der Waals surface area (Å²) in [4.78, 5) is 4.05. The summed E-state index contributed by atoms with van der Waals surface area (Å²) in [7, 11) is 1.59. The van der Waals surface area contributed by atoms with E-state index in [2.05, 4.69) is 10.1 Å². The molecule has 0 amide bonds. The zero-order valence-electron chi connectivity index (χ0n) is 7.24. The summed E-state index contributed by atoms with van der Waals surface area (Å²) in [6, 6.07) is 0. The molecule has 0 aromatic carbocycles. The monoisotopic (exact) mass is 190 g/mol. The molecule has 0 saturated carbocycles. The number of hydrogen-bond donors (Lipinski definition) is 0. The van der Waals surface area contributed by atoms with Crippen molar-refractivity contribution in [3.8, 4) is 0 Å². The van der Waals surface area contributed by atoms with Crippen molar-refractivity contribution in [3.05, 3.63) is 11.7 Å². The van der Waals surface area contributed by atoms with Crippen LogP contribution in [-0.2, 0) is 4.74 Å². The quantitative estimate of drug-likeness (QED) is 0.685. The molecule has 4 nitrogen and oxygen atoms in total. The third kappa shape index (κ3) is 1.95. The van der Waals surface area contributed by atoms with Gasteiger partial charge in [-0.2, -0.15) is 4.98 Å². The van der Waals surface area contributed by atoms with Gasteiger partial charge in [-0.3, -0.25) is 0 Å². The maximum Gasteiger partial charge on any atom is 0.244 e. The molecule has 12 heavy (non-hydrogen) atoms. The van der Waals surface area contributed by atoms with Crippen LogP contribution < -0.4 is 0 Å². The molecule has 0 unspecified atom stereocenters. The lowest BCUT2D eigenvalue weighted by Gasteiger charge is -2.00. The Morgan fingerprint density at radius 3 is 2.58 bits per heavy atom. The maximum absolute atomic E-state index is 5.73. The van der Waals surface area contributed by atoms with Gasteiger partial charge in [-0.15, -0.1) is 11.6 Å². The highest BCUT2D eigenvalue weighted by Gasteiger charge is 2.15. The van der Waals surface area contributed by atoms with Crippen molar-refractivity contribution in [2.45, 2.75) is 25.3 Å². The number of aromatic nitrogens is 2. The van der Waals surface area contributed by atoms with Gasteiger partial charge < -0.3 is 9.26 Å². The zero-order valence-corrected chi connectivity index (χ0v) is 8.00. The first-order valence-corrected chi connectivity index (χ1v) is 4.09. The number of halogens is 1. The van der Waals surface area contributed by atoms with E-state index in [1.807, 2.05) is 6.92 Å². The molecule has 1 aromatic heterocycles. The Labute approximate surface area is 75.9 Å². The molecule has 0 N–H and O–H groups in total. The molecule has 1 rings (SSSR count). The SMILES string of the molecule is CO[C@@H](C)c1noc([C@H](C)Cl)n1. The second-order valence-electron chi connectivity index (χ2n) is 2.48. The molecular formula is C7H11ClN2O2. The van der Waals surface area contributed by atoms with E-state index < -0.39 is 0 Å². The van der Waals surface area contributed by atoms with Gasteiger partial charge in [0.25, 0.3) is 0 Å². The minimum atomic E-state index is -0.254. The van der Waals surface area contributed by atoms with Gasteiger partial charge in [0.15, 0.2) is 5.82 Å². The van der Waals surface area contributed by atoms with Crippen LogP contribution in [0.1, 0.15) is 37.0 Å². The average Bonchev–Trinajstić information content (AvgIpc) is 2.51. The molecule has 0 aliphatic rings. The molecule has 1 heterocycles. The van der Waals surface area contributed by atoms with E-state index in [0.717, 1.165) is 0 Å². The molecule has 0 spiro atoms. The Morgan fingerprint density at radius 1 is 1.50 bits per heavy atom. The van der Waals surface area contributed by atoms with Crippen molar-refractivity contribution in [3.63, 3.8) is 0 Å². The van der Waals surface area contributed by atoms with Gasteiger partial charge in [-0.1, -0.05) is 5.16 Å². The summed E-state index contributed by atoms with van der Waals surface area (Å²) in [5.41, 5.74) is 0. The number of rotatable bonds is 3. The van der Waals surface area contributed by atoms with E-state index in [9.17, 15) is 0 Å². The Kier molecular flexibility index (Phi) is 3.05. The predicted molar refractivity (Wildman–Crippen MR) is 44.0 cm³/mol. The number of alkyl halides is 1. The van der Waals surface area contributed by atoms with E-state index in [1.165, 1.54) is 0 Å². The van der Waals surface area contributed by atoms with Crippen molar-refractivity contribution in [2.24, 2.45) is 0 Å². The molecule has 68 valence electrons. The lowest BCUT2D eigenvalue weighted by atomic mass is 10.4. The number of ether oxygens (including phenoxy) is 1. The van der Waals surface area contributed by atoms with Crippen molar-refractivity contribution in [1.29, 1.82) is 0 Å². The van der Waals surface area contributed by atoms with Crippen molar-refractivity contribution >= 4 is 11.6 Å². The zero-order chi connectivity index (χ0) is 9.14. The minimum Gasteiger partial charge on any atom is -0.374 e. The summed E-state index contributed by atoms with van der Waals surface area (Å²) in [6.07, 6.45) is -0.155. The first-order valence-electron chi connectivity index (χ1n) is 3.65. The van der Waals surface area contributed by atoms with E-state index in [4.69, 9.17) is 20.9 Å². The lowest BCUT2D eigenvalue weighted by Crippen LogP contribution is -1.98. The van der Waals surface area contributed by atoms with Crippen molar-refractivity contribution in [2.75, 3.05) is 7.11 Å². The summed E-state index contributed by atoms with van der Waals surface area (Å²) in [5.74, 6) is 0.954. The van der Waals surface area contributed by atoms with Crippen LogP contribution in [0.3, 0.4) is 0 Å². The highest BCUT2D eigenvalue weighted by atomic mass is 35.5. The van der Waals surface area contributed by atoms with Gasteiger partial charge in [0, 0.05) is 7.11 Å². The molecule has 2 atom stereocenters. The Balaban J connectivity index is 2.77. The fourth-order valence-electron chi connectivity index (χ4n) is 0.679. The van der Waals surface area contributed by atoms with Crippen molar-refractivity contribution < 1.29 is 9.26 Å². The summed E-state index contributed by atoms with van der Waals surface area (Å²) >= 11 is 5.73.